The van der Waals surface area contributed by atoms with Crippen LogP contribution >= 0.6 is 0 Å². The molecule has 15 heteroatoms. The van der Waals surface area contributed by atoms with Crippen molar-refractivity contribution in [2.24, 2.45) is 9.36 Å². The van der Waals surface area contributed by atoms with Gasteiger partial charge in [-0.05, 0) is 85.6 Å². The van der Waals surface area contributed by atoms with Crippen molar-refractivity contribution in [3.05, 3.63) is 47.7 Å². The molecule has 2 aromatic rings. The average Bonchev–Trinajstić information content (AvgIpc) is 2.89. The third kappa shape index (κ3) is 5.78. The Morgan fingerprint density at radius 2 is 1.77 bits per heavy atom. The zero-order valence-electron chi connectivity index (χ0n) is 25.0. The van der Waals surface area contributed by atoms with E-state index in [4.69, 9.17) is 9.73 Å². The lowest BCUT2D eigenvalue weighted by Crippen LogP contribution is -2.68. The summed E-state index contributed by atoms with van der Waals surface area (Å²) in [6, 6.07) is 4.66. The number of carbonyl (C=O) groups is 2. The molecule has 0 bridgehead atoms. The van der Waals surface area contributed by atoms with Crippen molar-refractivity contribution in [3.8, 4) is 5.75 Å². The van der Waals surface area contributed by atoms with E-state index in [1.54, 1.807) is 48.5 Å². The number of hydrogen-bond donors (Lipinski definition) is 2. The molecule has 0 saturated carbocycles. The second-order valence-corrected chi connectivity index (χ2v) is 15.4. The molecule has 2 aromatic heterocycles. The number of rotatable bonds is 5. The Hall–Kier alpha value is -3.75. The second-order valence-electron chi connectivity index (χ2n) is 12.1. The number of hydrogen-bond acceptors (Lipinski definition) is 9. The van der Waals surface area contributed by atoms with E-state index in [-0.39, 0.29) is 28.8 Å². The van der Waals surface area contributed by atoms with Crippen LogP contribution in [0.25, 0.3) is 0 Å². The van der Waals surface area contributed by atoms with Crippen LogP contribution in [0.4, 0.5) is 23.8 Å². The van der Waals surface area contributed by atoms with Crippen molar-refractivity contribution in [2.45, 2.75) is 88.6 Å². The molecule has 0 aromatic carbocycles. The van der Waals surface area contributed by atoms with Gasteiger partial charge >= 0.3 is 12.7 Å². The van der Waals surface area contributed by atoms with Crippen molar-refractivity contribution >= 4 is 33.4 Å². The minimum atomic E-state index is -3.26. The van der Waals surface area contributed by atoms with Gasteiger partial charge in [0, 0.05) is 6.54 Å². The van der Waals surface area contributed by atoms with Gasteiger partial charge in [0.1, 0.15) is 50.5 Å². The van der Waals surface area contributed by atoms with Crippen molar-refractivity contribution < 1.29 is 36.4 Å². The van der Waals surface area contributed by atoms with Crippen LogP contribution < -0.4 is 15.4 Å². The number of anilines is 1. The number of amides is 2. The highest BCUT2D eigenvalue weighted by atomic mass is 32.2. The molecule has 4 rings (SSSR count). The molecule has 0 fully saturated rings. The van der Waals surface area contributed by atoms with E-state index in [1.807, 2.05) is 0 Å². The Morgan fingerprint density at radius 1 is 1.07 bits per heavy atom. The number of nitrogens with zero attached hydrogens (tertiary/aromatic N) is 4. The zero-order valence-corrected chi connectivity index (χ0v) is 25.8. The standard InChI is InChI=1S/C28H35F3N6O5S/c1-25(2,3)42-24(39)36-22-26(4,5)43(40)27(6,13-8-14-33-43)28(7,37-22)20-17(29)10-12-19(34-20)35-21(38)18-11-9-16(15-32-18)41-23(30)31/h9-12,15,23H,8,13-14H2,1-7H3,(H,34,35,38)(H,36,37,39)/t27-,28-,43?/m1/s1. The third-order valence-corrected chi connectivity index (χ3v) is 11.6. The van der Waals surface area contributed by atoms with Gasteiger partial charge in [0.2, 0.25) is 0 Å². The van der Waals surface area contributed by atoms with Crippen molar-refractivity contribution in [3.63, 3.8) is 0 Å². The molecule has 2 N–H and O–H groups in total. The first kappa shape index (κ1) is 32.2. The molecule has 3 atom stereocenters. The van der Waals surface area contributed by atoms with Gasteiger partial charge in [-0.15, -0.1) is 0 Å². The van der Waals surface area contributed by atoms with Gasteiger partial charge in [0.05, 0.1) is 20.7 Å². The van der Waals surface area contributed by atoms with Crippen LogP contribution in [0.15, 0.2) is 39.8 Å². The van der Waals surface area contributed by atoms with Gasteiger partial charge in [0.25, 0.3) is 5.91 Å². The van der Waals surface area contributed by atoms with E-state index in [2.05, 4.69) is 29.7 Å². The van der Waals surface area contributed by atoms with Gasteiger partial charge < -0.3 is 14.8 Å². The summed E-state index contributed by atoms with van der Waals surface area (Å²) in [5.41, 5.74) is -2.80. The summed E-state index contributed by atoms with van der Waals surface area (Å²) in [5.74, 6) is -1.82. The van der Waals surface area contributed by atoms with E-state index in [1.165, 1.54) is 12.1 Å². The van der Waals surface area contributed by atoms with Crippen LogP contribution in [0.5, 0.6) is 5.75 Å². The smallest absolute Gasteiger partial charge is 0.413 e. The molecule has 1 unspecified atom stereocenters. The zero-order chi connectivity index (χ0) is 32.0. The third-order valence-electron chi connectivity index (χ3n) is 7.69. The largest absolute Gasteiger partial charge is 0.444 e. The maximum absolute atomic E-state index is 15.7. The van der Waals surface area contributed by atoms with E-state index >= 15 is 4.39 Å². The van der Waals surface area contributed by atoms with Crippen molar-refractivity contribution in [1.82, 2.24) is 15.3 Å². The molecule has 43 heavy (non-hydrogen) atoms. The average molecular weight is 625 g/mol. The lowest BCUT2D eigenvalue weighted by atomic mass is 9.79. The van der Waals surface area contributed by atoms with Gasteiger partial charge in [0.15, 0.2) is 0 Å². The topological polar surface area (TPSA) is 144 Å². The number of pyridine rings is 2. The Morgan fingerprint density at radius 3 is 2.37 bits per heavy atom. The summed E-state index contributed by atoms with van der Waals surface area (Å²) in [4.78, 5) is 38.8. The summed E-state index contributed by atoms with van der Waals surface area (Å²) in [7, 11) is -3.26. The van der Waals surface area contributed by atoms with Gasteiger partial charge in [-0.3, -0.25) is 15.1 Å². The summed E-state index contributed by atoms with van der Waals surface area (Å²) in [5, 5.41) is 5.16. The van der Waals surface area contributed by atoms with Crippen molar-refractivity contribution in [2.75, 3.05) is 11.9 Å². The molecule has 4 heterocycles. The number of alkyl halides is 2. The molecule has 11 nitrogen and oxygen atoms in total. The molecule has 0 aliphatic carbocycles. The number of nitrogens with one attached hydrogen (secondary N) is 2. The van der Waals surface area contributed by atoms with Crippen LogP contribution in [-0.4, -0.2) is 60.3 Å². The summed E-state index contributed by atoms with van der Waals surface area (Å²) in [6.45, 7) is 8.99. The first-order chi connectivity index (χ1) is 19.8. The maximum atomic E-state index is 15.7. The number of carbonyl (C=O) groups excluding carboxylic acids is 2. The predicted octanol–water partition coefficient (Wildman–Crippen LogP) is 5.42. The molecular formula is C28H35F3N6O5S. The number of aliphatic imine (C=N–C) groups is 1. The fourth-order valence-electron chi connectivity index (χ4n) is 5.34. The number of halogens is 3. The molecule has 0 spiro atoms. The van der Waals surface area contributed by atoms with Gasteiger partial charge in [-0.1, -0.05) is 0 Å². The maximum Gasteiger partial charge on any atom is 0.413 e. The SMILES string of the molecule is CC(C)(C)OC(=O)NC1=N[C@](C)(c2nc(NC(=O)c3ccc(OC(F)F)cn3)ccc2F)[C@@]2(C)CCCN=S2(=O)C1(C)C. The quantitative estimate of drug-likeness (QED) is 0.452. The van der Waals surface area contributed by atoms with E-state index in [0.29, 0.717) is 19.4 Å². The van der Waals surface area contributed by atoms with Gasteiger partial charge in [-0.2, -0.15) is 8.78 Å². The van der Waals surface area contributed by atoms with Gasteiger partial charge in [-0.25, -0.2) is 27.7 Å². The second kappa shape index (κ2) is 11.1. The molecule has 0 saturated heterocycles. The Labute approximate surface area is 248 Å². The Bertz CT molecular complexity index is 1580. The molecule has 2 aliphatic rings. The fourth-order valence-corrected chi connectivity index (χ4v) is 8.92. The van der Waals surface area contributed by atoms with Crippen LogP contribution in [0, 0.1) is 5.82 Å². The number of aromatic nitrogens is 2. The fraction of sp³-hybridized carbons (Fsp3) is 0.536. The van der Waals surface area contributed by atoms with Crippen LogP contribution in [0.2, 0.25) is 0 Å². The Kier molecular flexibility index (Phi) is 8.28. The summed E-state index contributed by atoms with van der Waals surface area (Å²) < 4.78 is 67.3. The van der Waals surface area contributed by atoms with E-state index < -0.39 is 54.8 Å². The summed E-state index contributed by atoms with van der Waals surface area (Å²) in [6.07, 6.45) is 1.08. The number of amidine groups is 1. The molecular weight excluding hydrogens is 589 g/mol. The lowest BCUT2D eigenvalue weighted by Gasteiger charge is -2.55. The molecule has 0 radical (unpaired) electrons. The number of fused-ring (bicyclic) bond motifs is 1. The highest BCUT2D eigenvalue weighted by Crippen LogP contribution is 2.54. The van der Waals surface area contributed by atoms with Crippen molar-refractivity contribution in [1.29, 1.82) is 0 Å². The van der Waals surface area contributed by atoms with E-state index in [9.17, 15) is 22.6 Å². The van der Waals surface area contributed by atoms with Crippen LogP contribution in [0.3, 0.4) is 0 Å². The predicted molar refractivity (Wildman–Crippen MR) is 154 cm³/mol. The first-order valence-corrected chi connectivity index (χ1v) is 15.1. The molecule has 234 valence electrons. The normalized spacial score (nSPS) is 26.4. The molecule has 2 amide bonds. The highest BCUT2D eigenvalue weighted by Gasteiger charge is 2.64. The Balaban J connectivity index is 1.79. The first-order valence-electron chi connectivity index (χ1n) is 13.5. The number of ether oxygens (including phenoxy) is 2. The number of alkyl carbamates (subject to hydrolysis) is 1. The lowest BCUT2D eigenvalue weighted by molar-refractivity contribution is -0.0500. The van der Waals surface area contributed by atoms with Crippen LogP contribution in [-0.2, 0) is 20.0 Å². The summed E-state index contributed by atoms with van der Waals surface area (Å²) >= 11 is 0. The van der Waals surface area contributed by atoms with Crippen LogP contribution in [0.1, 0.15) is 77.5 Å². The minimum Gasteiger partial charge on any atom is -0.444 e. The molecule has 2 aliphatic heterocycles. The minimum absolute atomic E-state index is 0.00307. The monoisotopic (exact) mass is 624 g/mol. The highest BCUT2D eigenvalue weighted by molar-refractivity contribution is 7.97. The van der Waals surface area contributed by atoms with E-state index in [0.717, 1.165) is 18.3 Å².